The number of Topliss-reactive ketones (excluding diaryl/α,β-unsaturated/α-hetero) is 1. The lowest BCUT2D eigenvalue weighted by atomic mass is 9.93. The SMILES string of the molecule is CC(=O)c1cnc(NS(=O)(=O)CCO)nc1N1CCC2(CC1)CC2. The number of anilines is 2. The number of piperidine rings is 1. The Kier molecular flexibility index (Phi) is 4.48. The first-order chi connectivity index (χ1) is 11.3. The quantitative estimate of drug-likeness (QED) is 0.726. The van der Waals surface area contributed by atoms with Crippen LogP contribution in [0.25, 0.3) is 0 Å². The summed E-state index contributed by atoms with van der Waals surface area (Å²) >= 11 is 0. The van der Waals surface area contributed by atoms with Crippen LogP contribution >= 0.6 is 0 Å². The molecule has 1 aromatic rings. The second-order valence-electron chi connectivity index (χ2n) is 6.62. The van der Waals surface area contributed by atoms with E-state index in [2.05, 4.69) is 14.7 Å². The van der Waals surface area contributed by atoms with Crippen molar-refractivity contribution in [1.29, 1.82) is 0 Å². The van der Waals surface area contributed by atoms with Crippen molar-refractivity contribution in [2.24, 2.45) is 5.41 Å². The van der Waals surface area contributed by atoms with Gasteiger partial charge in [-0.15, -0.1) is 0 Å². The number of hydrogen-bond acceptors (Lipinski definition) is 7. The fourth-order valence-corrected chi connectivity index (χ4v) is 3.81. The number of carbonyl (C=O) groups is 1. The molecular formula is C15H22N4O4S. The van der Waals surface area contributed by atoms with Crippen LogP contribution in [0.5, 0.6) is 0 Å². The zero-order chi connectivity index (χ0) is 17.4. The van der Waals surface area contributed by atoms with Crippen LogP contribution < -0.4 is 9.62 Å². The first-order valence-corrected chi connectivity index (χ1v) is 9.74. The van der Waals surface area contributed by atoms with Gasteiger partial charge in [-0.3, -0.25) is 9.52 Å². The molecular weight excluding hydrogens is 332 g/mol. The fraction of sp³-hybridized carbons (Fsp3) is 0.667. The molecule has 2 fully saturated rings. The molecule has 0 unspecified atom stereocenters. The minimum atomic E-state index is -3.70. The van der Waals surface area contributed by atoms with E-state index in [9.17, 15) is 13.2 Å². The molecule has 1 aliphatic heterocycles. The highest BCUT2D eigenvalue weighted by Gasteiger charge is 2.44. The number of rotatable bonds is 6. The molecule has 1 aromatic heterocycles. The average molecular weight is 354 g/mol. The van der Waals surface area contributed by atoms with Crippen LogP contribution in [0.4, 0.5) is 11.8 Å². The van der Waals surface area contributed by atoms with E-state index in [4.69, 9.17) is 5.11 Å². The molecule has 1 aliphatic carbocycles. The lowest BCUT2D eigenvalue weighted by molar-refractivity contribution is 0.101. The molecule has 1 spiro atoms. The van der Waals surface area contributed by atoms with E-state index >= 15 is 0 Å². The highest BCUT2D eigenvalue weighted by Crippen LogP contribution is 2.53. The maximum absolute atomic E-state index is 11.9. The Morgan fingerprint density at radius 1 is 1.33 bits per heavy atom. The van der Waals surface area contributed by atoms with Crippen LogP contribution in [-0.4, -0.2) is 54.7 Å². The van der Waals surface area contributed by atoms with E-state index in [-0.39, 0.29) is 11.7 Å². The minimum absolute atomic E-state index is 0.0739. The van der Waals surface area contributed by atoms with Gasteiger partial charge in [0, 0.05) is 19.3 Å². The summed E-state index contributed by atoms with van der Waals surface area (Å²) in [5.74, 6) is -0.168. The van der Waals surface area contributed by atoms with Gasteiger partial charge in [-0.2, -0.15) is 4.98 Å². The first kappa shape index (κ1) is 17.1. The Morgan fingerprint density at radius 2 is 2.00 bits per heavy atom. The van der Waals surface area contributed by atoms with Crippen molar-refractivity contribution in [1.82, 2.24) is 9.97 Å². The summed E-state index contributed by atoms with van der Waals surface area (Å²) < 4.78 is 25.8. The van der Waals surface area contributed by atoms with Gasteiger partial charge in [0.1, 0.15) is 5.82 Å². The number of aromatic nitrogens is 2. The smallest absolute Gasteiger partial charge is 0.238 e. The second-order valence-corrected chi connectivity index (χ2v) is 8.46. The van der Waals surface area contributed by atoms with Crippen LogP contribution in [0.15, 0.2) is 6.20 Å². The number of aliphatic hydroxyl groups is 1. The number of sulfonamides is 1. The monoisotopic (exact) mass is 354 g/mol. The lowest BCUT2D eigenvalue weighted by Crippen LogP contribution is -2.36. The molecule has 2 heterocycles. The zero-order valence-electron chi connectivity index (χ0n) is 13.7. The normalized spacial score (nSPS) is 19.3. The van der Waals surface area contributed by atoms with E-state index < -0.39 is 22.4 Å². The molecule has 24 heavy (non-hydrogen) atoms. The van der Waals surface area contributed by atoms with Gasteiger partial charge >= 0.3 is 0 Å². The Labute approximate surface area is 141 Å². The zero-order valence-corrected chi connectivity index (χ0v) is 14.5. The summed E-state index contributed by atoms with van der Waals surface area (Å²) in [5, 5.41) is 8.80. The number of ketones is 1. The minimum Gasteiger partial charge on any atom is -0.395 e. The standard InChI is InChI=1S/C15H22N4O4S/c1-11(21)12-10-16-14(18-24(22,23)9-8-20)17-13(12)19-6-4-15(2-3-15)5-7-19/h10,20H,2-9H2,1H3,(H,16,17,18). The van der Waals surface area contributed by atoms with Gasteiger partial charge in [0.25, 0.3) is 0 Å². The van der Waals surface area contributed by atoms with E-state index in [0.717, 1.165) is 25.9 Å². The maximum Gasteiger partial charge on any atom is 0.238 e. The third-order valence-corrected chi connectivity index (χ3v) is 6.05. The van der Waals surface area contributed by atoms with Gasteiger partial charge < -0.3 is 10.0 Å². The molecule has 0 radical (unpaired) electrons. The molecule has 8 nitrogen and oxygen atoms in total. The number of nitrogens with one attached hydrogen (secondary N) is 1. The van der Waals surface area contributed by atoms with Gasteiger partial charge in [0.2, 0.25) is 16.0 Å². The maximum atomic E-state index is 11.9. The van der Waals surface area contributed by atoms with Crippen LogP contribution in [0, 0.1) is 5.41 Å². The summed E-state index contributed by atoms with van der Waals surface area (Å²) in [6.07, 6.45) is 6.05. The topological polar surface area (TPSA) is 112 Å². The fourth-order valence-electron chi connectivity index (χ4n) is 3.09. The number of hydrogen-bond donors (Lipinski definition) is 2. The molecule has 0 atom stereocenters. The van der Waals surface area contributed by atoms with Gasteiger partial charge in [0.15, 0.2) is 5.78 Å². The summed E-state index contributed by atoms with van der Waals surface area (Å²) in [4.78, 5) is 22.1. The Balaban J connectivity index is 1.85. The predicted molar refractivity (Wildman–Crippen MR) is 89.6 cm³/mol. The first-order valence-electron chi connectivity index (χ1n) is 8.08. The molecule has 1 saturated heterocycles. The molecule has 0 bridgehead atoms. The number of nitrogens with zero attached hydrogens (tertiary/aromatic N) is 3. The summed E-state index contributed by atoms with van der Waals surface area (Å²) in [7, 11) is -3.70. The van der Waals surface area contributed by atoms with Crippen LogP contribution in [0.2, 0.25) is 0 Å². The van der Waals surface area contributed by atoms with Crippen LogP contribution in [0.3, 0.4) is 0 Å². The Morgan fingerprint density at radius 3 is 2.54 bits per heavy atom. The Hall–Kier alpha value is -1.74. The van der Waals surface area contributed by atoms with Crippen LogP contribution in [0.1, 0.15) is 43.0 Å². The van der Waals surface area contributed by atoms with Gasteiger partial charge in [-0.25, -0.2) is 13.4 Å². The van der Waals surface area contributed by atoms with E-state index in [1.165, 1.54) is 26.0 Å². The lowest BCUT2D eigenvalue weighted by Gasteiger charge is -2.33. The van der Waals surface area contributed by atoms with Crippen molar-refractivity contribution in [3.8, 4) is 0 Å². The summed E-state index contributed by atoms with van der Waals surface area (Å²) in [6, 6.07) is 0. The molecule has 0 aromatic carbocycles. The van der Waals surface area contributed by atoms with Crippen molar-refractivity contribution >= 4 is 27.6 Å². The van der Waals surface area contributed by atoms with Crippen molar-refractivity contribution in [2.45, 2.75) is 32.6 Å². The van der Waals surface area contributed by atoms with Crippen molar-refractivity contribution < 1.29 is 18.3 Å². The highest BCUT2D eigenvalue weighted by molar-refractivity contribution is 7.92. The summed E-state index contributed by atoms with van der Waals surface area (Å²) in [5.41, 5.74) is 0.887. The average Bonchev–Trinajstić information content (AvgIpc) is 3.26. The molecule has 1 saturated carbocycles. The van der Waals surface area contributed by atoms with Crippen molar-refractivity contribution in [3.05, 3.63) is 11.8 Å². The third-order valence-electron chi connectivity index (χ3n) is 4.84. The number of aliphatic hydroxyl groups excluding tert-OH is 1. The third kappa shape index (κ3) is 3.67. The second kappa shape index (κ2) is 6.29. The highest BCUT2D eigenvalue weighted by atomic mass is 32.2. The molecule has 0 amide bonds. The molecule has 3 rings (SSSR count). The molecule has 2 N–H and O–H groups in total. The molecule has 9 heteroatoms. The van der Waals surface area contributed by atoms with Gasteiger partial charge in [0.05, 0.1) is 17.9 Å². The van der Waals surface area contributed by atoms with E-state index in [1.54, 1.807) is 0 Å². The van der Waals surface area contributed by atoms with Gasteiger partial charge in [-0.05, 0) is 38.0 Å². The van der Waals surface area contributed by atoms with E-state index in [0.29, 0.717) is 16.8 Å². The predicted octanol–water partition coefficient (Wildman–Crippen LogP) is 0.794. The summed E-state index contributed by atoms with van der Waals surface area (Å²) in [6.45, 7) is 2.58. The number of carbonyl (C=O) groups excluding carboxylic acids is 1. The Bertz CT molecular complexity index is 736. The van der Waals surface area contributed by atoms with E-state index in [1.807, 2.05) is 4.90 Å². The van der Waals surface area contributed by atoms with Gasteiger partial charge in [-0.1, -0.05) is 0 Å². The van der Waals surface area contributed by atoms with Crippen molar-refractivity contribution in [3.63, 3.8) is 0 Å². The molecule has 2 aliphatic rings. The largest absolute Gasteiger partial charge is 0.395 e. The molecule has 132 valence electrons. The van der Waals surface area contributed by atoms with Crippen LogP contribution in [-0.2, 0) is 10.0 Å². The van der Waals surface area contributed by atoms with Crippen molar-refractivity contribution in [2.75, 3.05) is 35.1 Å².